The van der Waals surface area contributed by atoms with E-state index in [9.17, 15) is 0 Å². The second-order valence-corrected chi connectivity index (χ2v) is 2.78. The van der Waals surface area contributed by atoms with Gasteiger partial charge in [-0.2, -0.15) is 0 Å². The van der Waals surface area contributed by atoms with Gasteiger partial charge in [0.2, 0.25) is 0 Å². The Morgan fingerprint density at radius 3 is 2.78 bits per heavy atom. The largest absolute Gasteiger partial charge is 0.327 e. The van der Waals surface area contributed by atoms with Gasteiger partial charge in [0.15, 0.2) is 0 Å². The van der Waals surface area contributed by atoms with Crippen molar-refractivity contribution < 1.29 is 0 Å². The maximum absolute atomic E-state index is 5.60. The van der Waals surface area contributed by atoms with Crippen molar-refractivity contribution in [2.75, 3.05) is 0 Å². The Balaban J connectivity index is 2.03. The first-order chi connectivity index (χ1) is 4.34. The van der Waals surface area contributed by atoms with Gasteiger partial charge in [-0.3, -0.25) is 0 Å². The Hall–Kier alpha value is -0.300. The highest BCUT2D eigenvalue weighted by atomic mass is 14.7. The van der Waals surface area contributed by atoms with Crippen LogP contribution in [-0.2, 0) is 0 Å². The smallest absolute Gasteiger partial charge is 0.0109 e. The number of hydrogen-bond donors (Lipinski definition) is 1. The van der Waals surface area contributed by atoms with Crippen LogP contribution in [0.3, 0.4) is 0 Å². The second-order valence-electron chi connectivity index (χ2n) is 2.78. The maximum atomic E-state index is 5.60. The molecule has 1 heteroatoms. The minimum absolute atomic E-state index is 0.484. The zero-order valence-corrected chi connectivity index (χ0v) is 6.01. The van der Waals surface area contributed by atoms with Crippen LogP contribution >= 0.6 is 0 Å². The Bertz CT molecular complexity index is 107. The summed E-state index contributed by atoms with van der Waals surface area (Å²) in [6, 6.07) is 0.484. The zero-order valence-electron chi connectivity index (χ0n) is 6.01. The molecule has 1 fully saturated rings. The fraction of sp³-hybridized carbons (Fsp3) is 0.750. The van der Waals surface area contributed by atoms with Crippen LogP contribution in [0.2, 0.25) is 0 Å². The molecular weight excluding hydrogens is 110 g/mol. The lowest BCUT2D eigenvalue weighted by Gasteiger charge is -1.83. The average molecular weight is 125 g/mol. The van der Waals surface area contributed by atoms with Crippen LogP contribution in [0.1, 0.15) is 26.2 Å². The molecule has 1 nitrogen and oxygen atoms in total. The highest BCUT2D eigenvalue weighted by Gasteiger charge is 2.29. The van der Waals surface area contributed by atoms with E-state index in [1.54, 1.807) is 0 Å². The summed E-state index contributed by atoms with van der Waals surface area (Å²) in [5.41, 5.74) is 5.60. The first kappa shape index (κ1) is 6.81. The fourth-order valence-corrected chi connectivity index (χ4v) is 0.895. The van der Waals surface area contributed by atoms with Crippen LogP contribution in [0.15, 0.2) is 12.2 Å². The molecule has 0 saturated heterocycles. The van der Waals surface area contributed by atoms with Gasteiger partial charge >= 0.3 is 0 Å². The normalized spacial score (nSPS) is 33.6. The van der Waals surface area contributed by atoms with Crippen LogP contribution in [0.4, 0.5) is 0 Å². The molecule has 1 aliphatic rings. The van der Waals surface area contributed by atoms with Gasteiger partial charge in [-0.05, 0) is 18.8 Å². The SMILES string of the molecule is CCC/C=C/[C@@H]1C[C@H]1N. The summed E-state index contributed by atoms with van der Waals surface area (Å²) in [6.45, 7) is 2.19. The summed E-state index contributed by atoms with van der Waals surface area (Å²) in [4.78, 5) is 0. The molecule has 0 amide bonds. The molecule has 0 heterocycles. The topological polar surface area (TPSA) is 26.0 Å². The minimum Gasteiger partial charge on any atom is -0.327 e. The van der Waals surface area contributed by atoms with Gasteiger partial charge in [-0.1, -0.05) is 25.5 Å². The monoisotopic (exact) mass is 125 g/mol. The van der Waals surface area contributed by atoms with E-state index in [2.05, 4.69) is 19.1 Å². The summed E-state index contributed by atoms with van der Waals surface area (Å²) in [5, 5.41) is 0. The molecule has 0 radical (unpaired) electrons. The van der Waals surface area contributed by atoms with Gasteiger partial charge in [0.1, 0.15) is 0 Å². The van der Waals surface area contributed by atoms with Crippen LogP contribution in [0.25, 0.3) is 0 Å². The molecule has 2 N–H and O–H groups in total. The highest BCUT2D eigenvalue weighted by Crippen LogP contribution is 2.28. The van der Waals surface area contributed by atoms with Crippen LogP contribution < -0.4 is 5.73 Å². The van der Waals surface area contributed by atoms with Crippen molar-refractivity contribution in [3.63, 3.8) is 0 Å². The van der Waals surface area contributed by atoms with Gasteiger partial charge < -0.3 is 5.73 Å². The molecule has 0 bridgehead atoms. The number of rotatable bonds is 3. The standard InChI is InChI=1S/C8H15N/c1-2-3-4-5-7-6-8(7)9/h4-5,7-8H,2-3,6,9H2,1H3/b5-4+/t7-,8-/m1/s1. The molecule has 0 aromatic rings. The van der Waals surface area contributed by atoms with E-state index in [4.69, 9.17) is 5.73 Å². The summed E-state index contributed by atoms with van der Waals surface area (Å²) in [7, 11) is 0. The molecule has 1 aliphatic carbocycles. The molecule has 2 atom stereocenters. The van der Waals surface area contributed by atoms with Crippen LogP contribution in [0.5, 0.6) is 0 Å². The summed E-state index contributed by atoms with van der Waals surface area (Å²) in [6.07, 6.45) is 8.17. The van der Waals surface area contributed by atoms with Crippen LogP contribution in [-0.4, -0.2) is 6.04 Å². The van der Waals surface area contributed by atoms with Crippen molar-refractivity contribution in [2.45, 2.75) is 32.2 Å². The van der Waals surface area contributed by atoms with Gasteiger partial charge in [-0.25, -0.2) is 0 Å². The van der Waals surface area contributed by atoms with E-state index in [1.165, 1.54) is 19.3 Å². The van der Waals surface area contributed by atoms with E-state index < -0.39 is 0 Å². The van der Waals surface area contributed by atoms with Crippen molar-refractivity contribution in [3.05, 3.63) is 12.2 Å². The van der Waals surface area contributed by atoms with Gasteiger partial charge in [0.05, 0.1) is 0 Å². The summed E-state index contributed by atoms with van der Waals surface area (Å²) < 4.78 is 0. The highest BCUT2D eigenvalue weighted by molar-refractivity contribution is 5.04. The third-order valence-corrected chi connectivity index (χ3v) is 1.73. The molecule has 0 aliphatic heterocycles. The molecule has 0 unspecified atom stereocenters. The van der Waals surface area contributed by atoms with Gasteiger partial charge in [-0.15, -0.1) is 0 Å². The maximum Gasteiger partial charge on any atom is 0.0109 e. The van der Waals surface area contributed by atoms with Crippen molar-refractivity contribution >= 4 is 0 Å². The van der Waals surface area contributed by atoms with Crippen molar-refractivity contribution in [3.8, 4) is 0 Å². The number of unbranched alkanes of at least 4 members (excludes halogenated alkanes) is 1. The Morgan fingerprint density at radius 2 is 2.33 bits per heavy atom. The summed E-state index contributed by atoms with van der Waals surface area (Å²) in [5.74, 6) is 0.719. The number of nitrogens with two attached hydrogens (primary N) is 1. The molecular formula is C8H15N. The molecule has 0 aromatic heterocycles. The molecule has 1 rings (SSSR count). The van der Waals surface area contributed by atoms with Gasteiger partial charge in [0, 0.05) is 6.04 Å². The molecule has 1 saturated carbocycles. The molecule has 0 aromatic carbocycles. The molecule has 52 valence electrons. The average Bonchev–Trinajstić information content (AvgIpc) is 2.48. The minimum atomic E-state index is 0.484. The first-order valence-electron chi connectivity index (χ1n) is 3.77. The van der Waals surface area contributed by atoms with E-state index in [0.717, 1.165) is 5.92 Å². The lowest BCUT2D eigenvalue weighted by molar-refractivity contribution is 0.928. The number of hydrogen-bond acceptors (Lipinski definition) is 1. The lowest BCUT2D eigenvalue weighted by Crippen LogP contribution is -1.99. The quantitative estimate of drug-likeness (QED) is 0.571. The first-order valence-corrected chi connectivity index (χ1v) is 3.77. The van der Waals surface area contributed by atoms with E-state index >= 15 is 0 Å². The summed E-state index contributed by atoms with van der Waals surface area (Å²) >= 11 is 0. The third-order valence-electron chi connectivity index (χ3n) is 1.73. The van der Waals surface area contributed by atoms with E-state index in [0.29, 0.717) is 6.04 Å². The predicted molar refractivity (Wildman–Crippen MR) is 40.1 cm³/mol. The Kier molecular flexibility index (Phi) is 2.29. The molecule has 0 spiro atoms. The third kappa shape index (κ3) is 2.19. The van der Waals surface area contributed by atoms with E-state index in [-0.39, 0.29) is 0 Å². The fourth-order valence-electron chi connectivity index (χ4n) is 0.895. The Labute approximate surface area is 56.9 Å². The number of allylic oxidation sites excluding steroid dienone is 1. The Morgan fingerprint density at radius 1 is 1.67 bits per heavy atom. The lowest BCUT2D eigenvalue weighted by atomic mass is 10.3. The molecule has 9 heavy (non-hydrogen) atoms. The van der Waals surface area contributed by atoms with Crippen molar-refractivity contribution in [2.24, 2.45) is 11.7 Å². The van der Waals surface area contributed by atoms with Crippen molar-refractivity contribution in [1.29, 1.82) is 0 Å². The van der Waals surface area contributed by atoms with E-state index in [1.807, 2.05) is 0 Å². The zero-order chi connectivity index (χ0) is 6.69. The second kappa shape index (κ2) is 3.02. The van der Waals surface area contributed by atoms with Crippen LogP contribution in [0, 0.1) is 5.92 Å². The predicted octanol–water partition coefficient (Wildman–Crippen LogP) is 1.69. The van der Waals surface area contributed by atoms with Gasteiger partial charge in [0.25, 0.3) is 0 Å². The van der Waals surface area contributed by atoms with Crippen molar-refractivity contribution in [1.82, 2.24) is 0 Å².